The summed E-state index contributed by atoms with van der Waals surface area (Å²) in [5.41, 5.74) is 4.10. The van der Waals surface area contributed by atoms with Gasteiger partial charge in [0, 0.05) is 23.7 Å². The van der Waals surface area contributed by atoms with Crippen molar-refractivity contribution in [1.82, 2.24) is 10.6 Å². The highest BCUT2D eigenvalue weighted by Crippen LogP contribution is 2.22. The Morgan fingerprint density at radius 3 is 2.58 bits per heavy atom. The molecular formula is C22H38N2. The molecule has 0 bridgehead atoms. The van der Waals surface area contributed by atoms with Crippen molar-refractivity contribution in [2.24, 2.45) is 11.8 Å². The average Bonchev–Trinajstić information content (AvgIpc) is 2.54. The fourth-order valence-electron chi connectivity index (χ4n) is 3.50. The van der Waals surface area contributed by atoms with Crippen LogP contribution in [-0.4, -0.2) is 19.1 Å². The van der Waals surface area contributed by atoms with Gasteiger partial charge in [-0.3, -0.25) is 0 Å². The first-order valence-corrected chi connectivity index (χ1v) is 9.54. The Hall–Kier alpha value is -1.28. The van der Waals surface area contributed by atoms with E-state index in [-0.39, 0.29) is 0 Å². The molecular weight excluding hydrogens is 292 g/mol. The van der Waals surface area contributed by atoms with Crippen LogP contribution in [0.5, 0.6) is 0 Å². The third-order valence-electron chi connectivity index (χ3n) is 5.05. The zero-order valence-corrected chi connectivity index (χ0v) is 16.7. The maximum atomic E-state index is 4.29. The monoisotopic (exact) mass is 330 g/mol. The fraction of sp³-hybridized carbons (Fsp3) is 0.636. The Bertz CT molecular complexity index is 482. The minimum atomic E-state index is 0.376. The molecule has 0 heterocycles. The van der Waals surface area contributed by atoms with Crippen LogP contribution in [0.4, 0.5) is 0 Å². The van der Waals surface area contributed by atoms with Gasteiger partial charge in [0.15, 0.2) is 0 Å². The molecule has 3 unspecified atom stereocenters. The standard InChI is InChI=1S/C22H38N2/c1-8-9-17(4)10-11-20-12-14-21(15-13-20)24-19(6)18(5)22(23-7)16(2)3/h9,12-14,16,18,21-24H,6,8,10-11,15H2,1-5,7H3/b17-9+. The lowest BCUT2D eigenvalue weighted by molar-refractivity contribution is 0.334. The molecule has 0 aliphatic heterocycles. The van der Waals surface area contributed by atoms with Gasteiger partial charge in [-0.05, 0) is 45.6 Å². The highest BCUT2D eigenvalue weighted by atomic mass is 15.0. The minimum Gasteiger partial charge on any atom is -0.382 e. The maximum absolute atomic E-state index is 4.29. The van der Waals surface area contributed by atoms with Crippen molar-refractivity contribution < 1.29 is 0 Å². The zero-order valence-electron chi connectivity index (χ0n) is 16.7. The second-order valence-electron chi connectivity index (χ2n) is 7.46. The van der Waals surface area contributed by atoms with Gasteiger partial charge in [0.05, 0.1) is 0 Å². The van der Waals surface area contributed by atoms with Crippen molar-refractivity contribution in [3.8, 4) is 0 Å². The topological polar surface area (TPSA) is 24.1 Å². The summed E-state index contributed by atoms with van der Waals surface area (Å²) < 4.78 is 0. The second-order valence-corrected chi connectivity index (χ2v) is 7.46. The summed E-state index contributed by atoms with van der Waals surface area (Å²) in [6, 6.07) is 0.831. The predicted octanol–water partition coefficient (Wildman–Crippen LogP) is 5.36. The Kier molecular flexibility index (Phi) is 9.13. The van der Waals surface area contributed by atoms with E-state index < -0.39 is 0 Å². The molecule has 24 heavy (non-hydrogen) atoms. The van der Waals surface area contributed by atoms with Gasteiger partial charge in [0.2, 0.25) is 0 Å². The molecule has 1 aliphatic carbocycles. The van der Waals surface area contributed by atoms with Crippen molar-refractivity contribution in [3.63, 3.8) is 0 Å². The fourth-order valence-corrected chi connectivity index (χ4v) is 3.50. The van der Waals surface area contributed by atoms with Crippen LogP contribution in [0.25, 0.3) is 0 Å². The summed E-state index contributed by atoms with van der Waals surface area (Å²) >= 11 is 0. The van der Waals surface area contributed by atoms with Crippen LogP contribution in [0.1, 0.15) is 60.3 Å². The van der Waals surface area contributed by atoms with Crippen LogP contribution in [0.3, 0.4) is 0 Å². The van der Waals surface area contributed by atoms with E-state index in [0.29, 0.717) is 23.9 Å². The highest BCUT2D eigenvalue weighted by Gasteiger charge is 2.22. The summed E-state index contributed by atoms with van der Waals surface area (Å²) in [7, 11) is 2.04. The van der Waals surface area contributed by atoms with Gasteiger partial charge in [-0.15, -0.1) is 0 Å². The van der Waals surface area contributed by atoms with Gasteiger partial charge in [-0.25, -0.2) is 0 Å². The van der Waals surface area contributed by atoms with E-state index in [0.717, 1.165) is 25.0 Å². The van der Waals surface area contributed by atoms with Crippen molar-refractivity contribution in [3.05, 3.63) is 47.7 Å². The second kappa shape index (κ2) is 10.6. The summed E-state index contributed by atoms with van der Waals surface area (Å²) in [4.78, 5) is 0. The van der Waals surface area contributed by atoms with Crippen molar-refractivity contribution in [1.29, 1.82) is 0 Å². The molecule has 0 radical (unpaired) electrons. The molecule has 0 aromatic rings. The van der Waals surface area contributed by atoms with Crippen molar-refractivity contribution >= 4 is 0 Å². The summed E-state index contributed by atoms with van der Waals surface area (Å²) in [6.45, 7) is 15.5. The third kappa shape index (κ3) is 6.68. The molecule has 0 fully saturated rings. The van der Waals surface area contributed by atoms with Gasteiger partial charge < -0.3 is 10.6 Å². The van der Waals surface area contributed by atoms with Gasteiger partial charge in [-0.2, -0.15) is 0 Å². The summed E-state index contributed by atoms with van der Waals surface area (Å²) in [5.74, 6) is 1.01. The molecule has 136 valence electrons. The van der Waals surface area contributed by atoms with E-state index in [2.05, 4.69) is 76.1 Å². The van der Waals surface area contributed by atoms with Gasteiger partial charge in [-0.1, -0.05) is 69.7 Å². The lowest BCUT2D eigenvalue weighted by atomic mass is 9.89. The first kappa shape index (κ1) is 20.8. The summed E-state index contributed by atoms with van der Waals surface area (Å²) in [6.07, 6.45) is 13.8. The summed E-state index contributed by atoms with van der Waals surface area (Å²) in [5, 5.41) is 7.04. The molecule has 0 spiro atoms. The van der Waals surface area contributed by atoms with Crippen LogP contribution in [-0.2, 0) is 0 Å². The minimum absolute atomic E-state index is 0.376. The molecule has 0 saturated heterocycles. The Labute approximate surface area is 150 Å². The van der Waals surface area contributed by atoms with Crippen LogP contribution in [0.15, 0.2) is 47.7 Å². The molecule has 2 nitrogen and oxygen atoms in total. The van der Waals surface area contributed by atoms with Gasteiger partial charge in [0.1, 0.15) is 0 Å². The Balaban J connectivity index is 2.46. The first-order chi connectivity index (χ1) is 11.4. The zero-order chi connectivity index (χ0) is 18.1. The number of hydrogen-bond donors (Lipinski definition) is 2. The van der Waals surface area contributed by atoms with E-state index in [1.54, 1.807) is 0 Å². The first-order valence-electron chi connectivity index (χ1n) is 9.54. The Morgan fingerprint density at radius 1 is 1.38 bits per heavy atom. The number of nitrogens with one attached hydrogen (secondary N) is 2. The van der Waals surface area contributed by atoms with Crippen LogP contribution in [0.2, 0.25) is 0 Å². The van der Waals surface area contributed by atoms with Crippen LogP contribution >= 0.6 is 0 Å². The van der Waals surface area contributed by atoms with Gasteiger partial charge in [0.25, 0.3) is 0 Å². The third-order valence-corrected chi connectivity index (χ3v) is 5.05. The number of allylic oxidation sites excluding steroid dienone is 4. The highest BCUT2D eigenvalue weighted by molar-refractivity contribution is 5.27. The average molecular weight is 331 g/mol. The molecule has 1 aliphatic rings. The quantitative estimate of drug-likeness (QED) is 0.527. The molecule has 1 rings (SSSR count). The molecule has 2 heteroatoms. The maximum Gasteiger partial charge on any atom is 0.0479 e. The van der Waals surface area contributed by atoms with E-state index in [4.69, 9.17) is 0 Å². The van der Waals surface area contributed by atoms with Crippen LogP contribution < -0.4 is 10.6 Å². The lowest BCUT2D eigenvalue weighted by Gasteiger charge is -2.31. The van der Waals surface area contributed by atoms with Crippen molar-refractivity contribution in [2.75, 3.05) is 7.05 Å². The van der Waals surface area contributed by atoms with Crippen LogP contribution in [0, 0.1) is 11.8 Å². The Morgan fingerprint density at radius 2 is 2.08 bits per heavy atom. The number of rotatable bonds is 10. The molecule has 0 saturated carbocycles. The molecule has 3 atom stereocenters. The largest absolute Gasteiger partial charge is 0.382 e. The van der Waals surface area contributed by atoms with Crippen molar-refractivity contribution in [2.45, 2.75) is 72.4 Å². The van der Waals surface area contributed by atoms with Gasteiger partial charge >= 0.3 is 0 Å². The molecule has 2 N–H and O–H groups in total. The van der Waals surface area contributed by atoms with E-state index in [1.807, 2.05) is 7.05 Å². The normalized spacial score (nSPS) is 20.7. The predicted molar refractivity (Wildman–Crippen MR) is 108 cm³/mol. The molecule has 0 amide bonds. The van der Waals surface area contributed by atoms with E-state index >= 15 is 0 Å². The molecule has 0 aromatic carbocycles. The number of hydrogen-bond acceptors (Lipinski definition) is 2. The SMILES string of the molecule is C=C(NC1C=CC(CC/C(C)=C/CC)=CC1)C(C)C(NC)C(C)C. The van der Waals surface area contributed by atoms with E-state index in [1.165, 1.54) is 17.6 Å². The smallest absolute Gasteiger partial charge is 0.0479 e. The van der Waals surface area contributed by atoms with E-state index in [9.17, 15) is 0 Å². The molecule has 0 aromatic heterocycles. The lowest BCUT2D eigenvalue weighted by Crippen LogP contribution is -2.41.